The largest absolute Gasteiger partial charge is 0.483 e. The molecule has 0 radical (unpaired) electrons. The summed E-state index contributed by atoms with van der Waals surface area (Å²) in [6.07, 6.45) is 2.63. The summed E-state index contributed by atoms with van der Waals surface area (Å²) in [6.45, 7) is 2.83. The standard InChI is InChI=1S/C19H24Br2N2O5/c1-2-3-4-9-27-18(25)11-15-19(26)22-7-8-23(15)17(24)12-28-16-6-5-13(20)10-14(16)21/h5-6,10,15H,2-4,7-9,11-12H2,1H3,(H,22,26). The molecular weight excluding hydrogens is 496 g/mol. The number of unbranched alkanes of at least 4 members (excludes halogenated alkanes) is 2. The molecule has 1 saturated heterocycles. The van der Waals surface area contributed by atoms with Crippen molar-refractivity contribution < 1.29 is 23.9 Å². The molecule has 2 amide bonds. The van der Waals surface area contributed by atoms with Crippen LogP contribution in [-0.4, -0.2) is 55.0 Å². The van der Waals surface area contributed by atoms with E-state index in [9.17, 15) is 14.4 Å². The quantitative estimate of drug-likeness (QED) is 0.400. The number of nitrogens with one attached hydrogen (secondary N) is 1. The van der Waals surface area contributed by atoms with Gasteiger partial charge in [-0.15, -0.1) is 0 Å². The van der Waals surface area contributed by atoms with Gasteiger partial charge in [-0.25, -0.2) is 0 Å². The van der Waals surface area contributed by atoms with E-state index in [1.807, 2.05) is 6.07 Å². The zero-order chi connectivity index (χ0) is 20.5. The highest BCUT2D eigenvalue weighted by molar-refractivity contribution is 9.11. The number of rotatable bonds is 9. The van der Waals surface area contributed by atoms with Crippen molar-refractivity contribution in [3.8, 4) is 5.75 Å². The molecule has 0 spiro atoms. The van der Waals surface area contributed by atoms with Gasteiger partial charge in [0.1, 0.15) is 11.8 Å². The molecule has 9 heteroatoms. The summed E-state index contributed by atoms with van der Waals surface area (Å²) in [5.41, 5.74) is 0. The van der Waals surface area contributed by atoms with Crippen molar-refractivity contribution >= 4 is 49.6 Å². The SMILES string of the molecule is CCCCCOC(=O)CC1C(=O)NCCN1C(=O)COc1ccc(Br)cc1Br. The Bertz CT molecular complexity index is 714. The lowest BCUT2D eigenvalue weighted by molar-refractivity contribution is -0.152. The first-order valence-corrected chi connectivity index (χ1v) is 10.8. The molecular formula is C19H24Br2N2O5. The van der Waals surface area contributed by atoms with Crippen LogP contribution in [0.1, 0.15) is 32.6 Å². The number of amides is 2. The van der Waals surface area contributed by atoms with E-state index in [1.54, 1.807) is 12.1 Å². The van der Waals surface area contributed by atoms with Crippen LogP contribution in [-0.2, 0) is 19.1 Å². The number of ether oxygens (including phenoxy) is 2. The van der Waals surface area contributed by atoms with E-state index in [0.717, 1.165) is 23.7 Å². The van der Waals surface area contributed by atoms with Crippen LogP contribution in [0, 0.1) is 0 Å². The molecule has 7 nitrogen and oxygen atoms in total. The van der Waals surface area contributed by atoms with Crippen LogP contribution in [0.4, 0.5) is 0 Å². The Morgan fingerprint density at radius 1 is 1.29 bits per heavy atom. The molecule has 28 heavy (non-hydrogen) atoms. The number of carbonyl (C=O) groups excluding carboxylic acids is 3. The average molecular weight is 520 g/mol. The molecule has 1 aromatic rings. The van der Waals surface area contributed by atoms with Gasteiger partial charge in [-0.05, 0) is 40.5 Å². The van der Waals surface area contributed by atoms with Crippen LogP contribution in [0.15, 0.2) is 27.1 Å². The molecule has 0 aromatic heterocycles. The van der Waals surface area contributed by atoms with Gasteiger partial charge in [-0.3, -0.25) is 14.4 Å². The third kappa shape index (κ3) is 6.77. The van der Waals surface area contributed by atoms with Crippen molar-refractivity contribution in [1.82, 2.24) is 10.2 Å². The Balaban J connectivity index is 1.93. The van der Waals surface area contributed by atoms with Gasteiger partial charge in [0.05, 0.1) is 17.5 Å². The summed E-state index contributed by atoms with van der Waals surface area (Å²) in [4.78, 5) is 38.3. The van der Waals surface area contributed by atoms with Gasteiger partial charge in [-0.2, -0.15) is 0 Å². The molecule has 1 aromatic carbocycles. The van der Waals surface area contributed by atoms with Crippen molar-refractivity contribution in [2.45, 2.75) is 38.6 Å². The number of halogens is 2. The van der Waals surface area contributed by atoms with E-state index >= 15 is 0 Å². The van der Waals surface area contributed by atoms with Crippen LogP contribution >= 0.6 is 31.9 Å². The Morgan fingerprint density at radius 2 is 2.07 bits per heavy atom. The lowest BCUT2D eigenvalue weighted by Gasteiger charge is -2.34. The second-order valence-corrected chi connectivity index (χ2v) is 8.16. The maximum atomic E-state index is 12.6. The molecule has 1 atom stereocenters. The Labute approximate surface area is 181 Å². The van der Waals surface area contributed by atoms with Gasteiger partial charge in [0, 0.05) is 17.6 Å². The summed E-state index contributed by atoms with van der Waals surface area (Å²) < 4.78 is 12.3. The second kappa shape index (κ2) is 11.4. The molecule has 1 fully saturated rings. The molecule has 1 aliphatic heterocycles. The smallest absolute Gasteiger partial charge is 0.308 e. The first-order valence-electron chi connectivity index (χ1n) is 9.23. The number of esters is 1. The van der Waals surface area contributed by atoms with E-state index in [-0.39, 0.29) is 24.8 Å². The van der Waals surface area contributed by atoms with Crippen molar-refractivity contribution in [3.63, 3.8) is 0 Å². The number of piperazine rings is 1. The van der Waals surface area contributed by atoms with Gasteiger partial charge in [0.15, 0.2) is 6.61 Å². The number of benzene rings is 1. The lowest BCUT2D eigenvalue weighted by atomic mass is 10.1. The third-order valence-corrected chi connectivity index (χ3v) is 5.38. The highest BCUT2D eigenvalue weighted by atomic mass is 79.9. The molecule has 0 aliphatic carbocycles. The van der Waals surface area contributed by atoms with E-state index < -0.39 is 12.0 Å². The van der Waals surface area contributed by atoms with Gasteiger partial charge in [0.25, 0.3) is 5.91 Å². The van der Waals surface area contributed by atoms with Gasteiger partial charge in [0.2, 0.25) is 5.91 Å². The summed E-state index contributed by atoms with van der Waals surface area (Å²) in [6, 6.07) is 4.47. The van der Waals surface area contributed by atoms with Crippen molar-refractivity contribution in [1.29, 1.82) is 0 Å². The lowest BCUT2D eigenvalue weighted by Crippen LogP contribution is -2.58. The molecule has 0 bridgehead atoms. The Hall–Kier alpha value is -1.61. The van der Waals surface area contributed by atoms with Crippen molar-refractivity contribution in [3.05, 3.63) is 27.1 Å². The van der Waals surface area contributed by atoms with Crippen molar-refractivity contribution in [2.24, 2.45) is 0 Å². The minimum absolute atomic E-state index is 0.161. The van der Waals surface area contributed by atoms with E-state index in [0.29, 0.717) is 29.9 Å². The van der Waals surface area contributed by atoms with E-state index in [4.69, 9.17) is 9.47 Å². The van der Waals surface area contributed by atoms with Crippen molar-refractivity contribution in [2.75, 3.05) is 26.3 Å². The van der Waals surface area contributed by atoms with Crippen LogP contribution in [0.25, 0.3) is 0 Å². The Kier molecular flexibility index (Phi) is 9.24. The van der Waals surface area contributed by atoms with E-state index in [1.165, 1.54) is 4.90 Å². The number of hydrogen-bond donors (Lipinski definition) is 1. The van der Waals surface area contributed by atoms with Gasteiger partial charge in [-0.1, -0.05) is 35.7 Å². The van der Waals surface area contributed by atoms with Crippen LogP contribution in [0.2, 0.25) is 0 Å². The maximum Gasteiger partial charge on any atom is 0.308 e. The number of hydrogen-bond acceptors (Lipinski definition) is 5. The molecule has 154 valence electrons. The van der Waals surface area contributed by atoms with Crippen LogP contribution in [0.3, 0.4) is 0 Å². The highest BCUT2D eigenvalue weighted by Gasteiger charge is 2.35. The summed E-state index contributed by atoms with van der Waals surface area (Å²) in [7, 11) is 0. The highest BCUT2D eigenvalue weighted by Crippen LogP contribution is 2.28. The second-order valence-electron chi connectivity index (χ2n) is 6.39. The summed E-state index contributed by atoms with van der Waals surface area (Å²) >= 11 is 6.73. The molecule has 1 unspecified atom stereocenters. The average Bonchev–Trinajstić information content (AvgIpc) is 2.66. The molecule has 1 N–H and O–H groups in total. The Morgan fingerprint density at radius 3 is 2.79 bits per heavy atom. The fraction of sp³-hybridized carbons (Fsp3) is 0.526. The fourth-order valence-corrected chi connectivity index (χ4v) is 3.95. The fourth-order valence-electron chi connectivity index (χ4n) is 2.79. The van der Waals surface area contributed by atoms with Crippen LogP contribution in [0.5, 0.6) is 5.75 Å². The monoisotopic (exact) mass is 518 g/mol. The zero-order valence-electron chi connectivity index (χ0n) is 15.7. The summed E-state index contributed by atoms with van der Waals surface area (Å²) in [5, 5.41) is 2.69. The normalized spacial score (nSPS) is 16.5. The third-order valence-electron chi connectivity index (χ3n) is 4.27. The maximum absolute atomic E-state index is 12.6. The molecule has 1 heterocycles. The van der Waals surface area contributed by atoms with Gasteiger partial charge < -0.3 is 19.7 Å². The molecule has 0 saturated carbocycles. The predicted octanol–water partition coefficient (Wildman–Crippen LogP) is 3.04. The number of nitrogens with zero attached hydrogens (tertiary/aromatic N) is 1. The number of carbonyl (C=O) groups is 3. The first kappa shape index (κ1) is 22.7. The summed E-state index contributed by atoms with van der Waals surface area (Å²) in [5.74, 6) is -0.666. The molecule has 1 aliphatic rings. The van der Waals surface area contributed by atoms with Gasteiger partial charge >= 0.3 is 5.97 Å². The van der Waals surface area contributed by atoms with E-state index in [2.05, 4.69) is 44.1 Å². The topological polar surface area (TPSA) is 84.9 Å². The molecule has 2 rings (SSSR count). The zero-order valence-corrected chi connectivity index (χ0v) is 18.9. The predicted molar refractivity (Wildman–Crippen MR) is 111 cm³/mol. The minimum Gasteiger partial charge on any atom is -0.483 e. The first-order chi connectivity index (χ1) is 13.4. The van der Waals surface area contributed by atoms with Crippen LogP contribution < -0.4 is 10.1 Å². The minimum atomic E-state index is -0.878.